The van der Waals surface area contributed by atoms with E-state index in [1.165, 1.54) is 0 Å². The summed E-state index contributed by atoms with van der Waals surface area (Å²) in [4.78, 5) is 11.9. The van der Waals surface area contributed by atoms with Gasteiger partial charge in [-0.1, -0.05) is 28.8 Å². The molecule has 0 aliphatic heterocycles. The van der Waals surface area contributed by atoms with Gasteiger partial charge in [0.1, 0.15) is 0 Å². The molecule has 1 aromatic carbocycles. The summed E-state index contributed by atoms with van der Waals surface area (Å²) in [6.45, 7) is 0.922. The van der Waals surface area contributed by atoms with Crippen molar-refractivity contribution in [2.75, 3.05) is 13.2 Å². The zero-order valence-electron chi connectivity index (χ0n) is 10.1. The lowest BCUT2D eigenvalue weighted by Gasteiger charge is -2.07. The molecule has 0 heterocycles. The molecule has 0 aliphatic carbocycles. The van der Waals surface area contributed by atoms with Gasteiger partial charge in [0, 0.05) is 22.1 Å². The standard InChI is InChI=1S/C13H17Br2NO2/c14-10-5-6-11(12(15)9-10)13(18)16-7-3-1-2-4-8-17/h5-6,9,17H,1-4,7-8H2,(H,16,18). The monoisotopic (exact) mass is 377 g/mol. The van der Waals surface area contributed by atoms with Crippen LogP contribution in [0.25, 0.3) is 0 Å². The van der Waals surface area contributed by atoms with Crippen molar-refractivity contribution >= 4 is 37.8 Å². The van der Waals surface area contributed by atoms with E-state index in [0.717, 1.165) is 34.6 Å². The summed E-state index contributed by atoms with van der Waals surface area (Å²) in [6.07, 6.45) is 3.82. The third kappa shape index (κ3) is 5.50. The smallest absolute Gasteiger partial charge is 0.252 e. The van der Waals surface area contributed by atoms with E-state index in [0.29, 0.717) is 12.1 Å². The Labute approximate surface area is 124 Å². The normalized spacial score (nSPS) is 10.4. The lowest BCUT2D eigenvalue weighted by Crippen LogP contribution is -2.24. The summed E-state index contributed by atoms with van der Waals surface area (Å²) in [7, 11) is 0. The lowest BCUT2D eigenvalue weighted by molar-refractivity contribution is 0.0952. The Bertz CT molecular complexity index is 397. The lowest BCUT2D eigenvalue weighted by atomic mass is 10.2. The Balaban J connectivity index is 2.32. The van der Waals surface area contributed by atoms with Crippen molar-refractivity contribution in [2.45, 2.75) is 25.7 Å². The van der Waals surface area contributed by atoms with Crippen molar-refractivity contribution in [3.05, 3.63) is 32.7 Å². The van der Waals surface area contributed by atoms with Crippen molar-refractivity contribution in [1.29, 1.82) is 0 Å². The third-order valence-electron chi connectivity index (χ3n) is 2.55. The summed E-state index contributed by atoms with van der Waals surface area (Å²) in [5, 5.41) is 11.5. The minimum atomic E-state index is -0.0588. The Hall–Kier alpha value is -0.390. The Morgan fingerprint density at radius 1 is 1.17 bits per heavy atom. The van der Waals surface area contributed by atoms with Crippen molar-refractivity contribution in [3.63, 3.8) is 0 Å². The van der Waals surface area contributed by atoms with Crippen LogP contribution in [-0.4, -0.2) is 24.2 Å². The van der Waals surface area contributed by atoms with Gasteiger partial charge in [0.25, 0.3) is 5.91 Å². The predicted octanol–water partition coefficient (Wildman–Crippen LogP) is 3.49. The maximum Gasteiger partial charge on any atom is 0.252 e. The molecule has 1 rings (SSSR count). The Kier molecular flexibility index (Phi) is 7.54. The number of halogens is 2. The molecular weight excluding hydrogens is 362 g/mol. The van der Waals surface area contributed by atoms with Crippen LogP contribution in [0.15, 0.2) is 27.1 Å². The zero-order chi connectivity index (χ0) is 13.4. The predicted molar refractivity (Wildman–Crippen MR) is 79.7 cm³/mol. The largest absolute Gasteiger partial charge is 0.396 e. The molecule has 0 spiro atoms. The van der Waals surface area contributed by atoms with Crippen LogP contribution in [-0.2, 0) is 0 Å². The second-order valence-electron chi connectivity index (χ2n) is 4.02. The fourth-order valence-corrected chi connectivity index (χ4v) is 2.79. The minimum absolute atomic E-state index is 0.0588. The van der Waals surface area contributed by atoms with Gasteiger partial charge in [0.05, 0.1) is 5.56 Å². The third-order valence-corrected chi connectivity index (χ3v) is 3.70. The molecule has 3 nitrogen and oxygen atoms in total. The molecule has 0 saturated heterocycles. The summed E-state index contributed by atoms with van der Waals surface area (Å²) in [5.74, 6) is -0.0588. The van der Waals surface area contributed by atoms with E-state index in [-0.39, 0.29) is 12.5 Å². The number of carbonyl (C=O) groups is 1. The summed E-state index contributed by atoms with van der Waals surface area (Å²) >= 11 is 6.72. The minimum Gasteiger partial charge on any atom is -0.396 e. The molecule has 1 amide bonds. The van der Waals surface area contributed by atoms with E-state index in [1.54, 1.807) is 6.07 Å². The molecule has 0 atom stereocenters. The van der Waals surface area contributed by atoms with Crippen LogP contribution in [0.3, 0.4) is 0 Å². The summed E-state index contributed by atoms with van der Waals surface area (Å²) < 4.78 is 1.73. The molecule has 0 radical (unpaired) electrons. The quantitative estimate of drug-likeness (QED) is 0.713. The van der Waals surface area contributed by atoms with Gasteiger partial charge in [-0.15, -0.1) is 0 Å². The molecule has 18 heavy (non-hydrogen) atoms. The van der Waals surface area contributed by atoms with Crippen LogP contribution in [0.4, 0.5) is 0 Å². The highest BCUT2D eigenvalue weighted by Crippen LogP contribution is 2.21. The van der Waals surface area contributed by atoms with Crippen LogP contribution in [0, 0.1) is 0 Å². The first kappa shape index (κ1) is 15.7. The molecular formula is C13H17Br2NO2. The number of hydrogen-bond acceptors (Lipinski definition) is 2. The van der Waals surface area contributed by atoms with Gasteiger partial charge in [0.15, 0.2) is 0 Å². The molecule has 0 bridgehead atoms. The highest BCUT2D eigenvalue weighted by molar-refractivity contribution is 9.11. The SMILES string of the molecule is O=C(NCCCCCCO)c1ccc(Br)cc1Br. The first-order valence-corrected chi connectivity index (χ1v) is 7.58. The van der Waals surface area contributed by atoms with E-state index in [1.807, 2.05) is 12.1 Å². The average molecular weight is 379 g/mol. The van der Waals surface area contributed by atoms with Crippen molar-refractivity contribution in [3.8, 4) is 0 Å². The molecule has 1 aromatic rings. The molecule has 2 N–H and O–H groups in total. The number of aliphatic hydroxyl groups excluding tert-OH is 1. The molecule has 0 aromatic heterocycles. The first-order chi connectivity index (χ1) is 8.65. The Morgan fingerprint density at radius 2 is 1.89 bits per heavy atom. The molecule has 5 heteroatoms. The molecule has 100 valence electrons. The van der Waals surface area contributed by atoms with Crippen LogP contribution in [0.1, 0.15) is 36.0 Å². The second-order valence-corrected chi connectivity index (χ2v) is 5.79. The van der Waals surface area contributed by atoms with Gasteiger partial charge in [-0.25, -0.2) is 0 Å². The average Bonchev–Trinajstić information content (AvgIpc) is 2.33. The van der Waals surface area contributed by atoms with Gasteiger partial charge in [0.2, 0.25) is 0 Å². The first-order valence-electron chi connectivity index (χ1n) is 5.99. The van der Waals surface area contributed by atoms with E-state index in [9.17, 15) is 4.79 Å². The van der Waals surface area contributed by atoms with Crippen LogP contribution in [0.2, 0.25) is 0 Å². The van der Waals surface area contributed by atoms with E-state index < -0.39 is 0 Å². The highest BCUT2D eigenvalue weighted by atomic mass is 79.9. The summed E-state index contributed by atoms with van der Waals surface area (Å²) in [5.41, 5.74) is 0.647. The zero-order valence-corrected chi connectivity index (χ0v) is 13.3. The van der Waals surface area contributed by atoms with Crippen molar-refractivity contribution < 1.29 is 9.90 Å². The molecule has 0 saturated carbocycles. The number of unbranched alkanes of at least 4 members (excludes halogenated alkanes) is 3. The van der Waals surface area contributed by atoms with E-state index in [2.05, 4.69) is 37.2 Å². The summed E-state index contributed by atoms with van der Waals surface area (Å²) in [6, 6.07) is 5.49. The number of rotatable bonds is 7. The number of benzene rings is 1. The van der Waals surface area contributed by atoms with Crippen LogP contribution < -0.4 is 5.32 Å². The maximum atomic E-state index is 11.9. The van der Waals surface area contributed by atoms with Crippen LogP contribution >= 0.6 is 31.9 Å². The number of amides is 1. The van der Waals surface area contributed by atoms with Crippen LogP contribution in [0.5, 0.6) is 0 Å². The second kappa shape index (κ2) is 8.67. The van der Waals surface area contributed by atoms with Gasteiger partial charge in [-0.2, -0.15) is 0 Å². The van der Waals surface area contributed by atoms with Gasteiger partial charge >= 0.3 is 0 Å². The number of aliphatic hydroxyl groups is 1. The van der Waals surface area contributed by atoms with E-state index in [4.69, 9.17) is 5.11 Å². The van der Waals surface area contributed by atoms with Gasteiger partial charge in [-0.05, 0) is 47.0 Å². The fraction of sp³-hybridized carbons (Fsp3) is 0.462. The topological polar surface area (TPSA) is 49.3 Å². The number of hydrogen-bond donors (Lipinski definition) is 2. The highest BCUT2D eigenvalue weighted by Gasteiger charge is 2.09. The molecule has 0 aliphatic rings. The van der Waals surface area contributed by atoms with Crippen molar-refractivity contribution in [2.24, 2.45) is 0 Å². The molecule has 0 fully saturated rings. The van der Waals surface area contributed by atoms with E-state index >= 15 is 0 Å². The number of carbonyl (C=O) groups excluding carboxylic acids is 1. The molecule has 0 unspecified atom stereocenters. The number of nitrogens with one attached hydrogen (secondary N) is 1. The van der Waals surface area contributed by atoms with Gasteiger partial charge < -0.3 is 10.4 Å². The van der Waals surface area contributed by atoms with Crippen molar-refractivity contribution in [1.82, 2.24) is 5.32 Å². The van der Waals surface area contributed by atoms with Gasteiger partial charge in [-0.3, -0.25) is 4.79 Å². The maximum absolute atomic E-state index is 11.9. The Morgan fingerprint density at radius 3 is 2.56 bits per heavy atom. The fourth-order valence-electron chi connectivity index (χ4n) is 1.56.